The number of nitrogen functional groups attached to an aromatic ring is 1. The Morgan fingerprint density at radius 2 is 1.52 bits per heavy atom. The number of hydrogen-bond donors (Lipinski definition) is 2. The number of nitrogens with zero attached hydrogens (tertiary/aromatic N) is 3. The molecule has 0 atom stereocenters. The van der Waals surface area contributed by atoms with Gasteiger partial charge in [0.1, 0.15) is 11.5 Å². The van der Waals surface area contributed by atoms with Crippen LogP contribution in [-0.2, 0) is 0 Å². The number of benzene rings is 2. The Labute approximate surface area is 144 Å². The first-order chi connectivity index (χ1) is 12.1. The van der Waals surface area contributed by atoms with Crippen LogP contribution in [0.2, 0.25) is 0 Å². The van der Waals surface area contributed by atoms with Gasteiger partial charge in [-0.25, -0.2) is 0 Å². The van der Waals surface area contributed by atoms with Gasteiger partial charge in [-0.15, -0.1) is 15.0 Å². The zero-order valence-corrected chi connectivity index (χ0v) is 13.8. The second-order valence-corrected chi connectivity index (χ2v) is 5.10. The summed E-state index contributed by atoms with van der Waals surface area (Å²) < 4.78 is 10.2. The van der Waals surface area contributed by atoms with Gasteiger partial charge in [0.25, 0.3) is 5.91 Å². The highest BCUT2D eigenvalue weighted by molar-refractivity contribution is 6.05. The highest BCUT2D eigenvalue weighted by atomic mass is 16.5. The van der Waals surface area contributed by atoms with Crippen molar-refractivity contribution < 1.29 is 14.3 Å². The standard InChI is InChI=1S/C17H17N5O3/c1-24-13-7-3-11(4-8-13)19-17(23)15-16(18)21-22(20-15)12-5-9-14(25-2)10-6-12/h3-10H,1-2H3,(H2,18,21)(H,19,23). The maximum atomic E-state index is 12.4. The fourth-order valence-electron chi connectivity index (χ4n) is 2.18. The van der Waals surface area contributed by atoms with Gasteiger partial charge in [-0.2, -0.15) is 0 Å². The van der Waals surface area contributed by atoms with Crippen LogP contribution in [-0.4, -0.2) is 35.1 Å². The largest absolute Gasteiger partial charge is 0.497 e. The molecule has 0 fully saturated rings. The molecule has 0 saturated heterocycles. The number of methoxy groups -OCH3 is 2. The second kappa shape index (κ2) is 6.91. The molecule has 3 aromatic rings. The lowest BCUT2D eigenvalue weighted by Gasteiger charge is -2.04. The van der Waals surface area contributed by atoms with Crippen molar-refractivity contribution in [2.24, 2.45) is 0 Å². The van der Waals surface area contributed by atoms with E-state index in [0.29, 0.717) is 22.9 Å². The molecule has 0 radical (unpaired) electrons. The quantitative estimate of drug-likeness (QED) is 0.738. The van der Waals surface area contributed by atoms with E-state index in [9.17, 15) is 4.79 Å². The molecular formula is C17H17N5O3. The molecule has 0 bridgehead atoms. The molecule has 1 heterocycles. The molecular weight excluding hydrogens is 322 g/mol. The first-order valence-electron chi connectivity index (χ1n) is 7.43. The zero-order valence-electron chi connectivity index (χ0n) is 13.8. The van der Waals surface area contributed by atoms with Crippen LogP contribution in [0, 0.1) is 0 Å². The smallest absolute Gasteiger partial charge is 0.280 e. The predicted octanol–water partition coefficient (Wildman–Crippen LogP) is 2.12. The lowest BCUT2D eigenvalue weighted by molar-refractivity contribution is 0.102. The Kier molecular flexibility index (Phi) is 4.51. The summed E-state index contributed by atoms with van der Waals surface area (Å²) in [6.07, 6.45) is 0. The molecule has 8 heteroatoms. The SMILES string of the molecule is COc1ccc(NC(=O)c2nn(-c3ccc(OC)cc3)nc2N)cc1. The molecule has 1 aromatic heterocycles. The van der Waals surface area contributed by atoms with E-state index in [1.54, 1.807) is 62.8 Å². The number of carbonyl (C=O) groups excluding carboxylic acids is 1. The number of nitrogens with two attached hydrogens (primary N) is 1. The molecule has 0 unspecified atom stereocenters. The van der Waals surface area contributed by atoms with Crippen molar-refractivity contribution in [3.8, 4) is 17.2 Å². The van der Waals surface area contributed by atoms with E-state index in [0.717, 1.165) is 0 Å². The first kappa shape index (κ1) is 16.3. The normalized spacial score (nSPS) is 10.3. The molecule has 0 aliphatic carbocycles. The molecule has 0 saturated carbocycles. The van der Waals surface area contributed by atoms with Crippen LogP contribution < -0.4 is 20.5 Å². The molecule has 0 aliphatic rings. The average Bonchev–Trinajstić information content (AvgIpc) is 3.04. The second-order valence-electron chi connectivity index (χ2n) is 5.10. The Balaban J connectivity index is 1.79. The van der Waals surface area contributed by atoms with Crippen LogP contribution in [0.4, 0.5) is 11.5 Å². The molecule has 25 heavy (non-hydrogen) atoms. The number of aromatic nitrogens is 3. The minimum absolute atomic E-state index is 0.0434. The summed E-state index contributed by atoms with van der Waals surface area (Å²) in [5, 5.41) is 11.0. The molecule has 128 valence electrons. The lowest BCUT2D eigenvalue weighted by atomic mass is 10.3. The monoisotopic (exact) mass is 339 g/mol. The van der Waals surface area contributed by atoms with Crippen molar-refractivity contribution in [1.29, 1.82) is 0 Å². The van der Waals surface area contributed by atoms with Crippen LogP contribution in [0.5, 0.6) is 11.5 Å². The maximum Gasteiger partial charge on any atom is 0.280 e. The third kappa shape index (κ3) is 3.52. The average molecular weight is 339 g/mol. The first-order valence-corrected chi connectivity index (χ1v) is 7.43. The van der Waals surface area contributed by atoms with Gasteiger partial charge in [-0.1, -0.05) is 0 Å². The van der Waals surface area contributed by atoms with Crippen LogP contribution in [0.15, 0.2) is 48.5 Å². The van der Waals surface area contributed by atoms with Gasteiger partial charge in [0.2, 0.25) is 0 Å². The zero-order chi connectivity index (χ0) is 17.8. The van der Waals surface area contributed by atoms with E-state index < -0.39 is 5.91 Å². The topological polar surface area (TPSA) is 104 Å². The number of ether oxygens (including phenoxy) is 2. The summed E-state index contributed by atoms with van der Waals surface area (Å²) >= 11 is 0. The van der Waals surface area contributed by atoms with Gasteiger partial charge in [0.15, 0.2) is 11.5 Å². The number of anilines is 2. The van der Waals surface area contributed by atoms with E-state index in [2.05, 4.69) is 15.5 Å². The molecule has 0 spiro atoms. The van der Waals surface area contributed by atoms with E-state index in [1.165, 1.54) is 4.80 Å². The number of hydrogen-bond acceptors (Lipinski definition) is 6. The third-order valence-corrected chi connectivity index (χ3v) is 3.51. The fraction of sp³-hybridized carbons (Fsp3) is 0.118. The number of amides is 1. The summed E-state index contributed by atoms with van der Waals surface area (Å²) in [7, 11) is 3.16. The van der Waals surface area contributed by atoms with E-state index in [-0.39, 0.29) is 11.5 Å². The Morgan fingerprint density at radius 3 is 2.08 bits per heavy atom. The van der Waals surface area contributed by atoms with Crippen LogP contribution in [0.1, 0.15) is 10.5 Å². The Bertz CT molecular complexity index is 872. The van der Waals surface area contributed by atoms with E-state index >= 15 is 0 Å². The van der Waals surface area contributed by atoms with Gasteiger partial charge in [-0.3, -0.25) is 4.79 Å². The summed E-state index contributed by atoms with van der Waals surface area (Å²) in [5.41, 5.74) is 7.15. The summed E-state index contributed by atoms with van der Waals surface area (Å²) in [5.74, 6) is 1.01. The fourth-order valence-corrected chi connectivity index (χ4v) is 2.18. The summed E-state index contributed by atoms with van der Waals surface area (Å²) in [6.45, 7) is 0. The van der Waals surface area contributed by atoms with E-state index in [4.69, 9.17) is 15.2 Å². The molecule has 3 N–H and O–H groups in total. The molecule has 1 amide bonds. The molecule has 0 aliphatic heterocycles. The maximum absolute atomic E-state index is 12.4. The van der Waals surface area contributed by atoms with E-state index in [1.807, 2.05) is 0 Å². The highest BCUT2D eigenvalue weighted by Crippen LogP contribution is 2.18. The molecule has 2 aromatic carbocycles. The Hall–Kier alpha value is -3.55. The number of nitrogens with one attached hydrogen (secondary N) is 1. The van der Waals surface area contributed by atoms with Crippen molar-refractivity contribution in [1.82, 2.24) is 15.0 Å². The van der Waals surface area contributed by atoms with Gasteiger partial charge >= 0.3 is 0 Å². The van der Waals surface area contributed by atoms with Crippen molar-refractivity contribution in [3.63, 3.8) is 0 Å². The Morgan fingerprint density at radius 1 is 0.960 bits per heavy atom. The van der Waals surface area contributed by atoms with Crippen LogP contribution in [0.3, 0.4) is 0 Å². The van der Waals surface area contributed by atoms with Crippen molar-refractivity contribution >= 4 is 17.4 Å². The predicted molar refractivity (Wildman–Crippen MR) is 93.3 cm³/mol. The summed E-state index contributed by atoms with van der Waals surface area (Å²) in [6, 6.07) is 14.0. The van der Waals surface area contributed by atoms with Crippen LogP contribution >= 0.6 is 0 Å². The van der Waals surface area contributed by atoms with Crippen molar-refractivity contribution in [2.75, 3.05) is 25.3 Å². The van der Waals surface area contributed by atoms with Gasteiger partial charge < -0.3 is 20.5 Å². The number of carbonyl (C=O) groups is 1. The van der Waals surface area contributed by atoms with Crippen molar-refractivity contribution in [2.45, 2.75) is 0 Å². The van der Waals surface area contributed by atoms with Gasteiger partial charge in [0.05, 0.1) is 19.9 Å². The number of rotatable bonds is 5. The lowest BCUT2D eigenvalue weighted by Crippen LogP contribution is -2.14. The minimum Gasteiger partial charge on any atom is -0.497 e. The van der Waals surface area contributed by atoms with Crippen LogP contribution in [0.25, 0.3) is 5.69 Å². The molecule has 8 nitrogen and oxygen atoms in total. The molecule has 3 rings (SSSR count). The highest BCUT2D eigenvalue weighted by Gasteiger charge is 2.17. The third-order valence-electron chi connectivity index (χ3n) is 3.51. The minimum atomic E-state index is -0.442. The summed E-state index contributed by atoms with van der Waals surface area (Å²) in [4.78, 5) is 13.7. The van der Waals surface area contributed by atoms with Gasteiger partial charge in [-0.05, 0) is 48.5 Å². The van der Waals surface area contributed by atoms with Crippen molar-refractivity contribution in [3.05, 3.63) is 54.2 Å². The van der Waals surface area contributed by atoms with Gasteiger partial charge in [0, 0.05) is 5.69 Å².